The highest BCUT2D eigenvalue weighted by Crippen LogP contribution is 2.34. The van der Waals surface area contributed by atoms with E-state index in [-0.39, 0.29) is 17.6 Å². The van der Waals surface area contributed by atoms with Crippen LogP contribution < -0.4 is 15.0 Å². The summed E-state index contributed by atoms with van der Waals surface area (Å²) in [7, 11) is 1.48. The quantitative estimate of drug-likeness (QED) is 0.649. The van der Waals surface area contributed by atoms with Crippen LogP contribution in [0.2, 0.25) is 0 Å². The maximum atomic E-state index is 12.3. The Morgan fingerprint density at radius 1 is 1.55 bits per heavy atom. The van der Waals surface area contributed by atoms with Crippen LogP contribution in [0.1, 0.15) is 13.3 Å². The molecule has 1 fully saturated rings. The van der Waals surface area contributed by atoms with Gasteiger partial charge in [0.25, 0.3) is 5.69 Å². The summed E-state index contributed by atoms with van der Waals surface area (Å²) in [6.07, 6.45) is 0.679. The van der Waals surface area contributed by atoms with Gasteiger partial charge in [-0.15, -0.1) is 0 Å². The molecule has 1 amide bonds. The average molecular weight is 279 g/mol. The second-order valence-corrected chi connectivity index (χ2v) is 4.50. The number of nitrogens with one attached hydrogen (secondary N) is 1. The van der Waals surface area contributed by atoms with Crippen LogP contribution in [0.15, 0.2) is 18.2 Å². The predicted molar refractivity (Wildman–Crippen MR) is 74.1 cm³/mol. The van der Waals surface area contributed by atoms with E-state index in [1.807, 2.05) is 6.92 Å². The fraction of sp³-hybridized carbons (Fsp3) is 0.462. The fourth-order valence-corrected chi connectivity index (χ4v) is 2.36. The molecule has 0 spiro atoms. The van der Waals surface area contributed by atoms with E-state index < -0.39 is 4.92 Å². The molecule has 20 heavy (non-hydrogen) atoms. The van der Waals surface area contributed by atoms with E-state index in [9.17, 15) is 14.9 Å². The Hall–Kier alpha value is -2.15. The van der Waals surface area contributed by atoms with Crippen molar-refractivity contribution in [2.75, 3.05) is 25.1 Å². The number of nitro benzene ring substituents is 1. The SMILES string of the molecule is CCNC1CCN(c2cc([N+](=O)[O-])ccc2OC)C1=O. The molecule has 0 saturated carbocycles. The lowest BCUT2D eigenvalue weighted by Crippen LogP contribution is -2.38. The van der Waals surface area contributed by atoms with Crippen LogP contribution in [0.25, 0.3) is 0 Å². The van der Waals surface area contributed by atoms with Crippen molar-refractivity contribution in [2.24, 2.45) is 0 Å². The Morgan fingerprint density at radius 2 is 2.30 bits per heavy atom. The van der Waals surface area contributed by atoms with Gasteiger partial charge in [0.2, 0.25) is 5.91 Å². The molecule has 2 rings (SSSR count). The molecular formula is C13H17N3O4. The maximum Gasteiger partial charge on any atom is 0.271 e. The molecule has 0 aliphatic carbocycles. The maximum absolute atomic E-state index is 12.3. The summed E-state index contributed by atoms with van der Waals surface area (Å²) in [5.74, 6) is 0.381. The van der Waals surface area contributed by atoms with E-state index in [2.05, 4.69) is 5.32 Å². The van der Waals surface area contributed by atoms with Crippen LogP contribution in [-0.4, -0.2) is 37.1 Å². The van der Waals surface area contributed by atoms with E-state index in [1.54, 1.807) is 4.90 Å². The summed E-state index contributed by atoms with van der Waals surface area (Å²) in [6, 6.07) is 4.03. The molecule has 0 bridgehead atoms. The molecule has 7 nitrogen and oxygen atoms in total. The van der Waals surface area contributed by atoms with Crippen molar-refractivity contribution in [1.29, 1.82) is 0 Å². The summed E-state index contributed by atoms with van der Waals surface area (Å²) in [5, 5.41) is 14.0. The van der Waals surface area contributed by atoms with Crippen LogP contribution in [0.3, 0.4) is 0 Å². The highest BCUT2D eigenvalue weighted by molar-refractivity contribution is 6.00. The third-order valence-electron chi connectivity index (χ3n) is 3.32. The van der Waals surface area contributed by atoms with Gasteiger partial charge in [0.05, 0.1) is 23.8 Å². The van der Waals surface area contributed by atoms with Crippen molar-refractivity contribution in [3.63, 3.8) is 0 Å². The van der Waals surface area contributed by atoms with Gasteiger partial charge in [0.1, 0.15) is 5.75 Å². The lowest BCUT2D eigenvalue weighted by atomic mass is 10.2. The molecule has 1 heterocycles. The molecule has 1 aromatic carbocycles. The van der Waals surface area contributed by atoms with Crippen LogP contribution in [0.4, 0.5) is 11.4 Å². The first kappa shape index (κ1) is 14.3. The Labute approximate surface area is 116 Å². The van der Waals surface area contributed by atoms with Crippen molar-refractivity contribution >= 4 is 17.3 Å². The minimum absolute atomic E-state index is 0.0551. The van der Waals surface area contributed by atoms with Crippen molar-refractivity contribution < 1.29 is 14.5 Å². The van der Waals surface area contributed by atoms with Crippen LogP contribution in [0, 0.1) is 10.1 Å². The predicted octanol–water partition coefficient (Wildman–Crippen LogP) is 1.32. The van der Waals surface area contributed by atoms with E-state index in [1.165, 1.54) is 25.3 Å². The molecule has 108 valence electrons. The number of nitrogens with zero attached hydrogens (tertiary/aromatic N) is 2. The van der Waals surface area contributed by atoms with Crippen molar-refractivity contribution in [3.05, 3.63) is 28.3 Å². The van der Waals surface area contributed by atoms with Gasteiger partial charge in [0, 0.05) is 18.7 Å². The average Bonchev–Trinajstić information content (AvgIpc) is 2.80. The molecule has 7 heteroatoms. The third-order valence-corrected chi connectivity index (χ3v) is 3.32. The number of rotatable bonds is 5. The molecule has 1 aliphatic heterocycles. The monoisotopic (exact) mass is 279 g/mol. The Kier molecular flexibility index (Phi) is 4.19. The van der Waals surface area contributed by atoms with Crippen LogP contribution in [-0.2, 0) is 4.79 Å². The summed E-state index contributed by atoms with van der Waals surface area (Å²) >= 11 is 0. The van der Waals surface area contributed by atoms with Gasteiger partial charge in [-0.3, -0.25) is 14.9 Å². The molecule has 0 aromatic heterocycles. The third kappa shape index (κ3) is 2.57. The van der Waals surface area contributed by atoms with Gasteiger partial charge in [-0.2, -0.15) is 0 Å². The number of carbonyl (C=O) groups excluding carboxylic acids is 1. The lowest BCUT2D eigenvalue weighted by Gasteiger charge is -2.19. The largest absolute Gasteiger partial charge is 0.495 e. The summed E-state index contributed by atoms with van der Waals surface area (Å²) in [5.41, 5.74) is 0.396. The van der Waals surface area contributed by atoms with Crippen LogP contribution in [0.5, 0.6) is 5.75 Å². The number of nitro groups is 1. The summed E-state index contributed by atoms with van der Waals surface area (Å²) in [4.78, 5) is 24.2. The van der Waals surface area contributed by atoms with Crippen molar-refractivity contribution in [3.8, 4) is 5.75 Å². The minimum atomic E-state index is -0.481. The zero-order chi connectivity index (χ0) is 14.7. The van der Waals surface area contributed by atoms with E-state index in [4.69, 9.17) is 4.74 Å². The highest BCUT2D eigenvalue weighted by atomic mass is 16.6. The number of hydrogen-bond donors (Lipinski definition) is 1. The first-order valence-corrected chi connectivity index (χ1v) is 6.45. The second-order valence-electron chi connectivity index (χ2n) is 4.50. The van der Waals surface area contributed by atoms with Gasteiger partial charge >= 0.3 is 0 Å². The molecule has 0 radical (unpaired) electrons. The molecule has 1 aromatic rings. The smallest absolute Gasteiger partial charge is 0.271 e. The number of non-ortho nitro benzene ring substituents is 1. The number of likely N-dealkylation sites (N-methyl/N-ethyl adjacent to an activating group) is 1. The van der Waals surface area contributed by atoms with E-state index in [0.717, 1.165) is 0 Å². The number of amides is 1. The highest BCUT2D eigenvalue weighted by Gasteiger charge is 2.34. The van der Waals surface area contributed by atoms with Gasteiger partial charge < -0.3 is 15.0 Å². The fourth-order valence-electron chi connectivity index (χ4n) is 2.36. The number of anilines is 1. The number of methoxy groups -OCH3 is 1. The van der Waals surface area contributed by atoms with Gasteiger partial charge in [-0.05, 0) is 19.0 Å². The second kappa shape index (κ2) is 5.87. The molecule has 1 saturated heterocycles. The Balaban J connectivity index is 2.34. The number of hydrogen-bond acceptors (Lipinski definition) is 5. The summed E-state index contributed by atoms with van der Waals surface area (Å²) < 4.78 is 5.20. The molecule has 1 atom stereocenters. The zero-order valence-corrected chi connectivity index (χ0v) is 11.5. The minimum Gasteiger partial charge on any atom is -0.495 e. The lowest BCUT2D eigenvalue weighted by molar-refractivity contribution is -0.384. The number of ether oxygens (including phenoxy) is 1. The molecule has 1 unspecified atom stereocenters. The van der Waals surface area contributed by atoms with Crippen molar-refractivity contribution in [1.82, 2.24) is 5.32 Å². The van der Waals surface area contributed by atoms with Crippen molar-refractivity contribution in [2.45, 2.75) is 19.4 Å². The molecule has 1 N–H and O–H groups in total. The molecular weight excluding hydrogens is 262 g/mol. The standard InChI is InChI=1S/C13H17N3O4/c1-3-14-10-6-7-15(13(10)17)11-8-9(16(18)19)4-5-12(11)20-2/h4-5,8,10,14H,3,6-7H2,1-2H3. The van der Waals surface area contributed by atoms with Gasteiger partial charge in [-0.25, -0.2) is 0 Å². The van der Waals surface area contributed by atoms with E-state index in [0.29, 0.717) is 30.9 Å². The van der Waals surface area contributed by atoms with Crippen LogP contribution >= 0.6 is 0 Å². The zero-order valence-electron chi connectivity index (χ0n) is 11.5. The van der Waals surface area contributed by atoms with E-state index >= 15 is 0 Å². The normalized spacial score (nSPS) is 18.4. The first-order valence-electron chi connectivity index (χ1n) is 6.45. The topological polar surface area (TPSA) is 84.7 Å². The number of carbonyl (C=O) groups is 1. The Morgan fingerprint density at radius 3 is 2.90 bits per heavy atom. The first-order chi connectivity index (χ1) is 9.58. The number of benzene rings is 1. The van der Waals surface area contributed by atoms with Gasteiger partial charge in [-0.1, -0.05) is 6.92 Å². The Bertz CT molecular complexity index is 532. The van der Waals surface area contributed by atoms with Gasteiger partial charge in [0.15, 0.2) is 0 Å². The summed E-state index contributed by atoms with van der Waals surface area (Å²) in [6.45, 7) is 3.16. The molecule has 1 aliphatic rings.